The molecular formula is C18H28O8Sn. The van der Waals surface area contributed by atoms with Crippen LogP contribution in [0.3, 0.4) is 0 Å². The van der Waals surface area contributed by atoms with Gasteiger partial charge in [-0.3, -0.25) is 0 Å². The number of benzene rings is 1. The summed E-state index contributed by atoms with van der Waals surface area (Å²) in [5, 5.41) is 35.6. The molecule has 0 aliphatic rings. The van der Waals surface area contributed by atoms with Crippen LogP contribution in [-0.4, -0.2) is 74.6 Å². The minimum atomic E-state index is -2.30. The molecule has 27 heavy (non-hydrogen) atoms. The average molecular weight is 491 g/mol. The maximum absolute atomic E-state index is 11.1. The van der Waals surface area contributed by atoms with Gasteiger partial charge in [0, 0.05) is 6.42 Å². The number of unbranched alkanes of at least 4 members (excludes halogenated alkanes) is 2. The molecule has 0 aliphatic carbocycles. The van der Waals surface area contributed by atoms with Gasteiger partial charge in [0.1, 0.15) is 0 Å². The van der Waals surface area contributed by atoms with Crippen molar-refractivity contribution in [3.05, 3.63) is 35.4 Å². The molecule has 0 amide bonds. The Balaban J connectivity index is 0. The van der Waals surface area contributed by atoms with Crippen LogP contribution in [0.2, 0.25) is 0 Å². The topological polar surface area (TPSA) is 141 Å². The third-order valence-corrected chi connectivity index (χ3v) is 3.29. The van der Waals surface area contributed by atoms with Gasteiger partial charge in [0.15, 0.2) is 0 Å². The van der Waals surface area contributed by atoms with E-state index in [1.807, 2.05) is 13.8 Å². The van der Waals surface area contributed by atoms with E-state index in [-0.39, 0.29) is 48.1 Å². The molecule has 0 heterocycles. The summed E-state index contributed by atoms with van der Waals surface area (Å²) in [7, 11) is 0. The molecule has 0 saturated carbocycles. The van der Waals surface area contributed by atoms with Crippen LogP contribution in [0.5, 0.6) is 0 Å². The summed E-state index contributed by atoms with van der Waals surface area (Å²) < 4.78 is 4.71. The van der Waals surface area contributed by atoms with Crippen LogP contribution >= 0.6 is 0 Å². The van der Waals surface area contributed by atoms with Crippen molar-refractivity contribution < 1.29 is 39.5 Å². The van der Waals surface area contributed by atoms with Crippen LogP contribution in [-0.2, 0) is 9.53 Å². The van der Waals surface area contributed by atoms with Crippen LogP contribution in [0.15, 0.2) is 24.3 Å². The summed E-state index contributed by atoms with van der Waals surface area (Å²) >= 11 is 0. The van der Waals surface area contributed by atoms with Crippen molar-refractivity contribution in [2.24, 2.45) is 0 Å². The van der Waals surface area contributed by atoms with Gasteiger partial charge in [-0.2, -0.15) is 0 Å². The fourth-order valence-electron chi connectivity index (χ4n) is 1.74. The molecule has 1 rings (SSSR count). The van der Waals surface area contributed by atoms with Crippen molar-refractivity contribution >= 4 is 41.8 Å². The summed E-state index contributed by atoms with van der Waals surface area (Å²) in [4.78, 5) is 31.9. The first kappa shape index (κ1) is 27.6. The monoisotopic (exact) mass is 492 g/mol. The summed E-state index contributed by atoms with van der Waals surface area (Å²) in [6.07, 6.45) is 3.09. The molecule has 4 N–H and O–H groups in total. The Morgan fingerprint density at radius 1 is 0.963 bits per heavy atom. The minimum absolute atomic E-state index is 0. The molecule has 0 spiro atoms. The third kappa shape index (κ3) is 11.6. The van der Waals surface area contributed by atoms with E-state index in [9.17, 15) is 24.6 Å². The fraction of sp³-hybridized carbons (Fsp3) is 0.500. The Kier molecular flexibility index (Phi) is 14.7. The Morgan fingerprint density at radius 2 is 1.44 bits per heavy atom. The number of aliphatic hydroxyl groups is 2. The van der Waals surface area contributed by atoms with E-state index < -0.39 is 23.7 Å². The second kappa shape index (κ2) is 14.4. The van der Waals surface area contributed by atoms with E-state index in [0.29, 0.717) is 6.42 Å². The van der Waals surface area contributed by atoms with Crippen molar-refractivity contribution in [1.29, 1.82) is 0 Å². The van der Waals surface area contributed by atoms with Crippen LogP contribution in [0.25, 0.3) is 0 Å². The zero-order valence-corrected chi connectivity index (χ0v) is 19.7. The first-order valence-electron chi connectivity index (χ1n) is 8.34. The molecule has 2 radical (unpaired) electrons. The summed E-state index contributed by atoms with van der Waals surface area (Å²) in [6, 6.07) is 5.20. The number of aromatic carboxylic acids is 2. The molecule has 0 aromatic heterocycles. The van der Waals surface area contributed by atoms with Gasteiger partial charge < -0.3 is 25.2 Å². The molecule has 152 valence electrons. The quantitative estimate of drug-likeness (QED) is 0.176. The number of esters is 1. The number of carbonyl (C=O) groups is 3. The Morgan fingerprint density at radius 3 is 1.85 bits per heavy atom. The molecule has 1 aromatic carbocycles. The standard InChI is InChI=1S/C10H20O4.C8H6O4.Sn.2H/c1-3-5-7-10(12,13)9(11)14-8-6-4-2;9-7(10)5-2-1-3-6(4-5)8(11)12;;;/h12-13H,3-8H2,1-2H3;1-4H,(H,9,10)(H,11,12);;;. The third-order valence-electron chi connectivity index (χ3n) is 3.29. The van der Waals surface area contributed by atoms with Gasteiger partial charge in [-0.25, -0.2) is 14.4 Å². The number of hydrogen-bond acceptors (Lipinski definition) is 6. The maximum atomic E-state index is 11.1. The number of rotatable bonds is 9. The molecule has 8 nitrogen and oxygen atoms in total. The zero-order chi connectivity index (χ0) is 20.2. The van der Waals surface area contributed by atoms with Gasteiger partial charge >= 0.3 is 41.8 Å². The summed E-state index contributed by atoms with van der Waals surface area (Å²) in [5.74, 6) is -5.49. The molecule has 0 unspecified atom stereocenters. The number of carboxylic acid groups (broad SMARTS) is 2. The predicted octanol–water partition coefficient (Wildman–Crippen LogP) is 1.37. The first-order valence-corrected chi connectivity index (χ1v) is 8.34. The zero-order valence-electron chi connectivity index (χ0n) is 15.7. The van der Waals surface area contributed by atoms with Crippen molar-refractivity contribution in [2.75, 3.05) is 6.61 Å². The van der Waals surface area contributed by atoms with Gasteiger partial charge in [0.05, 0.1) is 17.7 Å². The van der Waals surface area contributed by atoms with Crippen molar-refractivity contribution in [2.45, 2.75) is 51.7 Å². The summed E-state index contributed by atoms with van der Waals surface area (Å²) in [5.41, 5.74) is -0.0372. The second-order valence-electron chi connectivity index (χ2n) is 5.60. The van der Waals surface area contributed by atoms with Crippen LogP contribution in [0.4, 0.5) is 0 Å². The van der Waals surface area contributed by atoms with E-state index in [2.05, 4.69) is 0 Å². The second-order valence-corrected chi connectivity index (χ2v) is 5.60. The molecule has 0 saturated heterocycles. The van der Waals surface area contributed by atoms with Gasteiger partial charge in [-0.15, -0.1) is 0 Å². The predicted molar refractivity (Wildman–Crippen MR) is 101 cm³/mol. The first-order chi connectivity index (χ1) is 12.2. The number of carbonyl (C=O) groups excluding carboxylic acids is 1. The van der Waals surface area contributed by atoms with Crippen LogP contribution < -0.4 is 0 Å². The SMILES string of the molecule is CCCCOC(=O)C(O)(O)CCCC.O=C(O)c1cccc(C(=O)O)c1.[SnH2]. The van der Waals surface area contributed by atoms with Crippen LogP contribution in [0.1, 0.15) is 66.7 Å². The van der Waals surface area contributed by atoms with Crippen molar-refractivity contribution in [3.8, 4) is 0 Å². The molecule has 9 heteroatoms. The van der Waals surface area contributed by atoms with E-state index in [0.717, 1.165) is 25.3 Å². The molecule has 0 fully saturated rings. The molecule has 0 aliphatic heterocycles. The van der Waals surface area contributed by atoms with E-state index in [1.165, 1.54) is 18.2 Å². The molecule has 0 atom stereocenters. The molecular weight excluding hydrogens is 463 g/mol. The normalized spacial score (nSPS) is 10.1. The van der Waals surface area contributed by atoms with Gasteiger partial charge in [-0.05, 0) is 31.0 Å². The molecule has 1 aromatic rings. The Hall–Kier alpha value is -1.65. The van der Waals surface area contributed by atoms with Gasteiger partial charge in [0.25, 0.3) is 5.79 Å². The molecule has 0 bridgehead atoms. The Labute approximate surface area is 175 Å². The fourth-order valence-corrected chi connectivity index (χ4v) is 1.74. The average Bonchev–Trinajstić information content (AvgIpc) is 2.60. The van der Waals surface area contributed by atoms with Crippen LogP contribution in [0, 0.1) is 0 Å². The Bertz CT molecular complexity index is 572. The van der Waals surface area contributed by atoms with Gasteiger partial charge in [0.2, 0.25) is 0 Å². The number of carboxylic acids is 2. The summed E-state index contributed by atoms with van der Waals surface area (Å²) in [6.45, 7) is 4.14. The van der Waals surface area contributed by atoms with Gasteiger partial charge in [-0.1, -0.05) is 32.8 Å². The van der Waals surface area contributed by atoms with E-state index in [1.54, 1.807) is 0 Å². The van der Waals surface area contributed by atoms with Crippen molar-refractivity contribution in [1.82, 2.24) is 0 Å². The van der Waals surface area contributed by atoms with Crippen molar-refractivity contribution in [3.63, 3.8) is 0 Å². The van der Waals surface area contributed by atoms with E-state index in [4.69, 9.17) is 14.9 Å². The number of hydrogen-bond donors (Lipinski definition) is 4. The van der Waals surface area contributed by atoms with E-state index >= 15 is 0 Å². The number of ether oxygens (including phenoxy) is 1.